The predicted molar refractivity (Wildman–Crippen MR) is 84.5 cm³/mol. The van der Waals surface area contributed by atoms with E-state index in [1.807, 2.05) is 0 Å². The standard InChI is InChI=1S/C11H10O5.2C3H6/c1-7-6-8(2-4-10(12)13)16-9(7)3-5-11(14)15;2*1-2-3-1/h2-6H,1H3,(H,12,13)(H,14,15);2*1-3H2. The Kier molecular flexibility index (Phi) is 7.75. The fourth-order valence-electron chi connectivity index (χ4n) is 1.07. The molecule has 5 heteroatoms. The number of hydrogen-bond donors (Lipinski definition) is 2. The maximum atomic E-state index is 10.3. The number of carboxylic acid groups (broad SMARTS) is 2. The number of carboxylic acids is 2. The molecule has 1 heterocycles. The van der Waals surface area contributed by atoms with Crippen LogP contribution in [0.15, 0.2) is 22.6 Å². The molecule has 0 radical (unpaired) electrons. The van der Waals surface area contributed by atoms with Gasteiger partial charge in [-0.2, -0.15) is 0 Å². The van der Waals surface area contributed by atoms with Crippen molar-refractivity contribution in [2.24, 2.45) is 0 Å². The number of aliphatic carboxylic acids is 2. The van der Waals surface area contributed by atoms with Crippen LogP contribution in [0.3, 0.4) is 0 Å². The molecule has 0 unspecified atom stereocenters. The molecule has 0 aliphatic heterocycles. The first-order valence-corrected chi connectivity index (χ1v) is 7.41. The monoisotopic (exact) mass is 306 g/mol. The van der Waals surface area contributed by atoms with Gasteiger partial charge in [0.25, 0.3) is 0 Å². The van der Waals surface area contributed by atoms with Gasteiger partial charge in [0, 0.05) is 12.2 Å². The number of hydrogen-bond acceptors (Lipinski definition) is 3. The summed E-state index contributed by atoms with van der Waals surface area (Å²) in [6.07, 6.45) is 13.5. The first-order valence-electron chi connectivity index (χ1n) is 7.41. The summed E-state index contributed by atoms with van der Waals surface area (Å²) < 4.78 is 5.21. The van der Waals surface area contributed by atoms with Gasteiger partial charge in [0.05, 0.1) is 0 Å². The molecule has 1 aromatic heterocycles. The predicted octanol–water partition coefficient (Wildman–Crippen LogP) is 4.12. The van der Waals surface area contributed by atoms with Crippen molar-refractivity contribution >= 4 is 24.1 Å². The third-order valence-electron chi connectivity index (χ3n) is 2.45. The molecule has 5 nitrogen and oxygen atoms in total. The molecule has 0 bridgehead atoms. The van der Waals surface area contributed by atoms with Crippen molar-refractivity contribution in [3.8, 4) is 0 Å². The lowest BCUT2D eigenvalue weighted by Crippen LogP contribution is -1.85. The van der Waals surface area contributed by atoms with E-state index in [1.54, 1.807) is 13.0 Å². The molecule has 0 saturated heterocycles. The minimum absolute atomic E-state index is 0.366. The number of carbonyl (C=O) groups is 2. The summed E-state index contributed by atoms with van der Waals surface area (Å²) >= 11 is 0. The third-order valence-corrected chi connectivity index (χ3v) is 2.45. The van der Waals surface area contributed by atoms with Crippen molar-refractivity contribution in [1.29, 1.82) is 0 Å². The highest BCUT2D eigenvalue weighted by Crippen LogP contribution is 2.17. The lowest BCUT2D eigenvalue weighted by Gasteiger charge is -1.86. The van der Waals surface area contributed by atoms with Crippen LogP contribution >= 0.6 is 0 Å². The van der Waals surface area contributed by atoms with Crippen molar-refractivity contribution < 1.29 is 24.2 Å². The largest absolute Gasteiger partial charge is 0.478 e. The maximum Gasteiger partial charge on any atom is 0.328 e. The van der Waals surface area contributed by atoms with Crippen LogP contribution in [0, 0.1) is 6.92 Å². The first-order chi connectivity index (χ1) is 10.5. The van der Waals surface area contributed by atoms with E-state index >= 15 is 0 Å². The van der Waals surface area contributed by atoms with Crippen molar-refractivity contribution in [2.45, 2.75) is 45.4 Å². The van der Waals surface area contributed by atoms with Gasteiger partial charge in [-0.1, -0.05) is 38.5 Å². The van der Waals surface area contributed by atoms with Gasteiger partial charge in [-0.05, 0) is 30.7 Å². The Morgan fingerprint density at radius 3 is 1.82 bits per heavy atom. The van der Waals surface area contributed by atoms with Crippen molar-refractivity contribution in [2.75, 3.05) is 0 Å². The van der Waals surface area contributed by atoms with E-state index in [9.17, 15) is 9.59 Å². The molecule has 2 saturated carbocycles. The molecule has 2 aliphatic carbocycles. The summed E-state index contributed by atoms with van der Waals surface area (Å²) in [5.41, 5.74) is 0.738. The van der Waals surface area contributed by atoms with Crippen LogP contribution in [0.5, 0.6) is 0 Å². The number of aryl methyl sites for hydroxylation is 1. The zero-order valence-corrected chi connectivity index (χ0v) is 12.7. The van der Waals surface area contributed by atoms with Crippen LogP contribution in [0.4, 0.5) is 0 Å². The molecule has 1 aromatic rings. The topological polar surface area (TPSA) is 87.7 Å². The van der Waals surface area contributed by atoms with Crippen LogP contribution in [-0.2, 0) is 9.59 Å². The van der Waals surface area contributed by atoms with Gasteiger partial charge < -0.3 is 14.6 Å². The normalized spacial score (nSPS) is 14.8. The summed E-state index contributed by atoms with van der Waals surface area (Å²) in [5.74, 6) is -1.38. The second kappa shape index (κ2) is 9.60. The highest BCUT2D eigenvalue weighted by Gasteiger charge is 2.03. The van der Waals surface area contributed by atoms with E-state index < -0.39 is 11.9 Å². The van der Waals surface area contributed by atoms with E-state index in [1.165, 1.54) is 50.7 Å². The molecule has 3 rings (SSSR count). The second-order valence-corrected chi connectivity index (χ2v) is 5.16. The Labute approximate surface area is 130 Å². The fourth-order valence-corrected chi connectivity index (χ4v) is 1.07. The second-order valence-electron chi connectivity index (χ2n) is 5.16. The van der Waals surface area contributed by atoms with Crippen molar-refractivity contribution in [1.82, 2.24) is 0 Å². The van der Waals surface area contributed by atoms with Gasteiger partial charge in [-0.3, -0.25) is 0 Å². The van der Waals surface area contributed by atoms with Crippen LogP contribution in [-0.4, -0.2) is 22.2 Å². The van der Waals surface area contributed by atoms with Gasteiger partial charge in [-0.25, -0.2) is 9.59 Å². The van der Waals surface area contributed by atoms with Gasteiger partial charge in [0.1, 0.15) is 11.5 Å². The molecular formula is C17H22O5. The first kappa shape index (κ1) is 17.8. The summed E-state index contributed by atoms with van der Waals surface area (Å²) in [4.78, 5) is 20.5. The van der Waals surface area contributed by atoms with Crippen LogP contribution in [0.1, 0.15) is 55.6 Å². The Balaban J connectivity index is 0.000000328. The average Bonchev–Trinajstić information content (AvgIpc) is 3.31. The molecule has 0 amide bonds. The van der Waals surface area contributed by atoms with Crippen LogP contribution in [0.2, 0.25) is 0 Å². The lowest BCUT2D eigenvalue weighted by atomic mass is 10.2. The average molecular weight is 306 g/mol. The van der Waals surface area contributed by atoms with E-state index in [4.69, 9.17) is 14.6 Å². The van der Waals surface area contributed by atoms with Crippen LogP contribution < -0.4 is 0 Å². The zero-order valence-electron chi connectivity index (χ0n) is 12.7. The van der Waals surface area contributed by atoms with E-state index in [0.717, 1.165) is 17.7 Å². The Morgan fingerprint density at radius 2 is 1.41 bits per heavy atom. The quantitative estimate of drug-likeness (QED) is 0.817. The maximum absolute atomic E-state index is 10.3. The summed E-state index contributed by atoms with van der Waals surface area (Å²) in [7, 11) is 0. The van der Waals surface area contributed by atoms with Crippen molar-refractivity contribution in [3.05, 3.63) is 35.3 Å². The summed E-state index contributed by atoms with van der Waals surface area (Å²) in [5, 5.41) is 16.8. The summed E-state index contributed by atoms with van der Waals surface area (Å²) in [6, 6.07) is 1.63. The number of rotatable bonds is 4. The smallest absolute Gasteiger partial charge is 0.328 e. The molecule has 0 atom stereocenters. The highest BCUT2D eigenvalue weighted by atomic mass is 16.4. The molecule has 2 N–H and O–H groups in total. The van der Waals surface area contributed by atoms with Gasteiger partial charge in [0.2, 0.25) is 0 Å². The minimum Gasteiger partial charge on any atom is -0.478 e. The fraction of sp³-hybridized carbons (Fsp3) is 0.412. The van der Waals surface area contributed by atoms with E-state index in [0.29, 0.717) is 11.5 Å². The molecule has 0 aromatic carbocycles. The van der Waals surface area contributed by atoms with Crippen molar-refractivity contribution in [3.63, 3.8) is 0 Å². The third kappa shape index (κ3) is 10.5. The molecule has 120 valence electrons. The Bertz CT molecular complexity index is 536. The molecule has 22 heavy (non-hydrogen) atoms. The highest BCUT2D eigenvalue weighted by molar-refractivity contribution is 5.86. The Hall–Kier alpha value is -2.30. The molecule has 0 spiro atoms. The molecule has 2 aliphatic rings. The summed E-state index contributed by atoms with van der Waals surface area (Å²) in [6.45, 7) is 1.74. The van der Waals surface area contributed by atoms with Crippen LogP contribution in [0.25, 0.3) is 12.2 Å². The lowest BCUT2D eigenvalue weighted by molar-refractivity contribution is -0.132. The van der Waals surface area contributed by atoms with Gasteiger partial charge >= 0.3 is 11.9 Å². The number of furan rings is 1. The zero-order chi connectivity index (χ0) is 16.4. The minimum atomic E-state index is -1.07. The van der Waals surface area contributed by atoms with E-state index in [2.05, 4.69) is 0 Å². The molecule has 2 fully saturated rings. The van der Waals surface area contributed by atoms with Gasteiger partial charge in [0.15, 0.2) is 0 Å². The van der Waals surface area contributed by atoms with Gasteiger partial charge in [-0.15, -0.1) is 0 Å². The SMILES string of the molecule is C1CC1.C1CC1.Cc1cc(C=CC(=O)O)oc1C=CC(=O)O. The molecular weight excluding hydrogens is 284 g/mol. The Morgan fingerprint density at radius 1 is 0.955 bits per heavy atom. The van der Waals surface area contributed by atoms with E-state index in [-0.39, 0.29) is 0 Å².